The van der Waals surface area contributed by atoms with Crippen LogP contribution in [0.1, 0.15) is 29.9 Å². The Labute approximate surface area is 124 Å². The van der Waals surface area contributed by atoms with Gasteiger partial charge in [-0.2, -0.15) is 0 Å². The topological polar surface area (TPSA) is 119 Å². The number of pyridine rings is 1. The number of aliphatic hydroxyl groups is 1. The molecule has 0 aromatic carbocycles. The molecule has 0 atom stereocenters. The molecular weight excluding hydrogens is 294 g/mol. The zero-order chi connectivity index (χ0) is 15.8. The third-order valence-electron chi connectivity index (χ3n) is 2.82. The van der Waals surface area contributed by atoms with Gasteiger partial charge in [0.05, 0.1) is 10.6 Å². The van der Waals surface area contributed by atoms with Crippen LogP contribution in [0.5, 0.6) is 0 Å². The summed E-state index contributed by atoms with van der Waals surface area (Å²) < 4.78 is 0. The monoisotopic (exact) mass is 307 g/mol. The van der Waals surface area contributed by atoms with Gasteiger partial charge in [-0.05, 0) is 26.0 Å². The Kier molecular flexibility index (Phi) is 3.75. The fourth-order valence-electron chi connectivity index (χ4n) is 1.74. The minimum absolute atomic E-state index is 0.119. The predicted octanol–water partition coefficient (Wildman–Crippen LogP) is 2.04. The highest BCUT2D eigenvalue weighted by molar-refractivity contribution is 7.19. The molecule has 0 aliphatic carbocycles. The highest BCUT2D eigenvalue weighted by Crippen LogP contribution is 2.36. The predicted molar refractivity (Wildman–Crippen MR) is 78.0 cm³/mol. The number of hydrogen-bond donors (Lipinski definition) is 2. The molecule has 0 aliphatic heterocycles. The Bertz CT molecular complexity index is 670. The van der Waals surface area contributed by atoms with Crippen LogP contribution in [-0.4, -0.2) is 20.9 Å². The number of nitro groups is 1. The van der Waals surface area contributed by atoms with Crippen LogP contribution in [0.4, 0.5) is 5.00 Å². The van der Waals surface area contributed by atoms with Gasteiger partial charge in [-0.1, -0.05) is 17.4 Å². The van der Waals surface area contributed by atoms with Crippen LogP contribution < -0.4 is 5.73 Å². The van der Waals surface area contributed by atoms with Crippen LogP contribution >= 0.6 is 11.3 Å². The lowest BCUT2D eigenvalue weighted by Gasteiger charge is -2.16. The van der Waals surface area contributed by atoms with Crippen molar-refractivity contribution in [3.05, 3.63) is 45.8 Å². The van der Waals surface area contributed by atoms with Gasteiger partial charge in [0.25, 0.3) is 5.91 Å². The first kappa shape index (κ1) is 15.1. The quantitative estimate of drug-likeness (QED) is 0.661. The zero-order valence-corrected chi connectivity index (χ0v) is 12.2. The summed E-state index contributed by atoms with van der Waals surface area (Å²) in [5.41, 5.74) is 5.04. The largest absolute Gasteiger partial charge is 0.384 e. The molecular formula is C13H13N3O4S. The van der Waals surface area contributed by atoms with Crippen molar-refractivity contribution in [3.63, 3.8) is 0 Å². The van der Waals surface area contributed by atoms with E-state index in [0.29, 0.717) is 16.1 Å². The van der Waals surface area contributed by atoms with E-state index >= 15 is 0 Å². The SMILES string of the molecule is CC(C)(O)c1ccc(-c2cc(C(N)=O)c([N+](=O)[O-])s2)cn1. The summed E-state index contributed by atoms with van der Waals surface area (Å²) in [6.07, 6.45) is 1.49. The lowest BCUT2D eigenvalue weighted by atomic mass is 10.0. The molecule has 0 radical (unpaired) electrons. The molecule has 0 fully saturated rings. The van der Waals surface area contributed by atoms with E-state index in [1.165, 1.54) is 12.3 Å². The van der Waals surface area contributed by atoms with E-state index in [2.05, 4.69) is 4.98 Å². The fourth-order valence-corrected chi connectivity index (χ4v) is 2.71. The van der Waals surface area contributed by atoms with Crippen molar-refractivity contribution < 1.29 is 14.8 Å². The Hall–Kier alpha value is -2.32. The first-order chi connectivity index (χ1) is 9.70. The maximum absolute atomic E-state index is 11.2. The normalized spacial score (nSPS) is 11.4. The molecule has 0 bridgehead atoms. The van der Waals surface area contributed by atoms with Gasteiger partial charge >= 0.3 is 5.00 Å². The highest BCUT2D eigenvalue weighted by Gasteiger charge is 2.24. The van der Waals surface area contributed by atoms with Gasteiger partial charge < -0.3 is 10.8 Å². The molecule has 0 unspecified atom stereocenters. The molecule has 2 aromatic heterocycles. The number of nitrogens with zero attached hydrogens (tertiary/aromatic N) is 2. The van der Waals surface area contributed by atoms with Crippen molar-refractivity contribution in [1.82, 2.24) is 4.98 Å². The lowest BCUT2D eigenvalue weighted by Crippen LogP contribution is -2.17. The van der Waals surface area contributed by atoms with E-state index in [0.717, 1.165) is 11.3 Å². The number of rotatable bonds is 4. The van der Waals surface area contributed by atoms with Crippen molar-refractivity contribution in [2.45, 2.75) is 19.4 Å². The third kappa shape index (κ3) is 3.06. The molecule has 0 aliphatic rings. The van der Waals surface area contributed by atoms with Crippen LogP contribution in [-0.2, 0) is 5.60 Å². The number of primary amides is 1. The second-order valence-electron chi connectivity index (χ2n) is 4.94. The van der Waals surface area contributed by atoms with Crippen LogP contribution in [0.15, 0.2) is 24.4 Å². The van der Waals surface area contributed by atoms with Gasteiger partial charge in [0.1, 0.15) is 11.2 Å². The van der Waals surface area contributed by atoms with Crippen molar-refractivity contribution in [1.29, 1.82) is 0 Å². The van der Waals surface area contributed by atoms with Gasteiger partial charge in [0, 0.05) is 16.6 Å². The van der Waals surface area contributed by atoms with Crippen molar-refractivity contribution in [3.8, 4) is 10.4 Å². The summed E-state index contributed by atoms with van der Waals surface area (Å²) in [5, 5.41) is 20.5. The van der Waals surface area contributed by atoms with Gasteiger partial charge in [0.15, 0.2) is 0 Å². The van der Waals surface area contributed by atoms with E-state index in [1.54, 1.807) is 26.0 Å². The number of carbonyl (C=O) groups is 1. The molecule has 0 saturated carbocycles. The standard InChI is InChI=1S/C13H13N3O4S/c1-13(2,18)10-4-3-7(6-15-10)9-5-8(11(14)17)12(21-9)16(19)20/h3-6,18H,1-2H3,(H2,14,17). The van der Waals surface area contributed by atoms with E-state index < -0.39 is 16.4 Å². The number of aromatic nitrogens is 1. The van der Waals surface area contributed by atoms with Crippen LogP contribution in [0.3, 0.4) is 0 Å². The molecule has 21 heavy (non-hydrogen) atoms. The van der Waals surface area contributed by atoms with E-state index in [-0.39, 0.29) is 10.6 Å². The minimum atomic E-state index is -1.07. The Morgan fingerprint density at radius 3 is 2.52 bits per heavy atom. The van der Waals surface area contributed by atoms with Gasteiger partial charge in [0.2, 0.25) is 0 Å². The molecule has 8 heteroatoms. The first-order valence-electron chi connectivity index (χ1n) is 5.97. The fraction of sp³-hybridized carbons (Fsp3) is 0.231. The Morgan fingerprint density at radius 1 is 1.48 bits per heavy atom. The summed E-state index contributed by atoms with van der Waals surface area (Å²) in [4.78, 5) is 26.2. The summed E-state index contributed by atoms with van der Waals surface area (Å²) in [6, 6.07) is 4.69. The molecule has 1 amide bonds. The molecule has 110 valence electrons. The number of carbonyl (C=O) groups excluding carboxylic acids is 1. The minimum Gasteiger partial charge on any atom is -0.384 e. The van der Waals surface area contributed by atoms with E-state index in [1.807, 2.05) is 0 Å². The molecule has 2 rings (SSSR count). The van der Waals surface area contributed by atoms with Gasteiger partial charge in [-0.3, -0.25) is 19.9 Å². The van der Waals surface area contributed by atoms with Crippen molar-refractivity contribution in [2.24, 2.45) is 5.73 Å². The van der Waals surface area contributed by atoms with Crippen LogP contribution in [0.25, 0.3) is 10.4 Å². The van der Waals surface area contributed by atoms with Gasteiger partial charge in [-0.25, -0.2) is 0 Å². The molecule has 0 spiro atoms. The molecule has 2 aromatic rings. The maximum atomic E-state index is 11.2. The smallest absolute Gasteiger partial charge is 0.337 e. The van der Waals surface area contributed by atoms with Gasteiger partial charge in [-0.15, -0.1) is 0 Å². The Balaban J connectivity index is 2.45. The molecule has 3 N–H and O–H groups in total. The van der Waals surface area contributed by atoms with E-state index in [4.69, 9.17) is 5.73 Å². The second-order valence-corrected chi connectivity index (χ2v) is 5.97. The number of thiophene rings is 1. The zero-order valence-electron chi connectivity index (χ0n) is 11.4. The molecule has 2 heterocycles. The number of amides is 1. The summed E-state index contributed by atoms with van der Waals surface area (Å²) in [7, 11) is 0. The molecule has 7 nitrogen and oxygen atoms in total. The van der Waals surface area contributed by atoms with Crippen LogP contribution in [0, 0.1) is 10.1 Å². The second kappa shape index (κ2) is 5.23. The average molecular weight is 307 g/mol. The highest BCUT2D eigenvalue weighted by atomic mass is 32.1. The molecule has 0 saturated heterocycles. The maximum Gasteiger partial charge on any atom is 0.337 e. The first-order valence-corrected chi connectivity index (χ1v) is 6.79. The van der Waals surface area contributed by atoms with Crippen LogP contribution in [0.2, 0.25) is 0 Å². The number of nitrogens with two attached hydrogens (primary N) is 1. The lowest BCUT2D eigenvalue weighted by molar-refractivity contribution is -0.380. The Morgan fingerprint density at radius 2 is 2.14 bits per heavy atom. The summed E-state index contributed by atoms with van der Waals surface area (Å²) in [5.74, 6) is -0.842. The van der Waals surface area contributed by atoms with Crippen molar-refractivity contribution in [2.75, 3.05) is 0 Å². The summed E-state index contributed by atoms with van der Waals surface area (Å²) in [6.45, 7) is 3.21. The van der Waals surface area contributed by atoms with E-state index in [9.17, 15) is 20.0 Å². The van der Waals surface area contributed by atoms with Crippen molar-refractivity contribution >= 4 is 22.2 Å². The number of hydrogen-bond acceptors (Lipinski definition) is 6. The summed E-state index contributed by atoms with van der Waals surface area (Å²) >= 11 is 0.860. The average Bonchev–Trinajstić information content (AvgIpc) is 2.83. The third-order valence-corrected chi connectivity index (χ3v) is 3.95.